The molecule has 0 atom stereocenters. The quantitative estimate of drug-likeness (QED) is 0.656. The van der Waals surface area contributed by atoms with Gasteiger partial charge < -0.3 is 15.4 Å². The van der Waals surface area contributed by atoms with Crippen LogP contribution in [0.4, 0.5) is 0 Å². The van der Waals surface area contributed by atoms with Crippen molar-refractivity contribution in [1.29, 1.82) is 0 Å². The topological polar surface area (TPSA) is 84.5 Å². The van der Waals surface area contributed by atoms with Gasteiger partial charge in [0, 0.05) is 25.3 Å². The minimum Gasteiger partial charge on any atom is -0.377 e. The maximum atomic E-state index is 11.9. The van der Waals surface area contributed by atoms with E-state index in [0.717, 1.165) is 5.56 Å². The number of hydrogen-bond acceptors (Lipinski definition) is 5. The van der Waals surface area contributed by atoms with Crippen molar-refractivity contribution >= 4 is 15.7 Å². The first-order chi connectivity index (χ1) is 10.5. The van der Waals surface area contributed by atoms with Crippen LogP contribution in [0.5, 0.6) is 0 Å². The molecule has 1 aromatic carbocycles. The summed E-state index contributed by atoms with van der Waals surface area (Å²) in [6.07, 6.45) is 0. The van der Waals surface area contributed by atoms with E-state index < -0.39 is 9.84 Å². The molecule has 0 saturated carbocycles. The highest BCUT2D eigenvalue weighted by atomic mass is 32.2. The molecule has 1 rings (SSSR count). The number of carbonyl (C=O) groups excluding carboxylic acids is 1. The molecule has 124 valence electrons. The van der Waals surface area contributed by atoms with Gasteiger partial charge in [0.25, 0.3) is 5.91 Å². The van der Waals surface area contributed by atoms with E-state index in [9.17, 15) is 13.2 Å². The molecular weight excluding hydrogens is 304 g/mol. The molecule has 0 aliphatic rings. The van der Waals surface area contributed by atoms with Crippen LogP contribution < -0.4 is 10.6 Å². The molecule has 0 saturated heterocycles. The van der Waals surface area contributed by atoms with Gasteiger partial charge in [-0.1, -0.05) is 12.1 Å². The van der Waals surface area contributed by atoms with Gasteiger partial charge in [-0.05, 0) is 31.7 Å². The maximum Gasteiger partial charge on any atom is 0.251 e. The number of amides is 1. The largest absolute Gasteiger partial charge is 0.377 e. The molecule has 1 aromatic rings. The minimum atomic E-state index is -3.13. The molecule has 0 aromatic heterocycles. The van der Waals surface area contributed by atoms with Crippen LogP contribution in [0.1, 0.15) is 22.8 Å². The predicted octanol–water partition coefficient (Wildman–Crippen LogP) is 0.587. The molecule has 1 amide bonds. The van der Waals surface area contributed by atoms with Gasteiger partial charge in [0.05, 0.1) is 18.1 Å². The van der Waals surface area contributed by atoms with Gasteiger partial charge in [0.2, 0.25) is 0 Å². The highest BCUT2D eigenvalue weighted by molar-refractivity contribution is 7.91. The van der Waals surface area contributed by atoms with Crippen LogP contribution >= 0.6 is 0 Å². The number of nitrogens with one attached hydrogen (secondary N) is 2. The van der Waals surface area contributed by atoms with Crippen molar-refractivity contribution in [3.05, 3.63) is 35.4 Å². The normalized spacial score (nSPS) is 11.4. The third kappa shape index (κ3) is 7.02. The third-order valence-corrected chi connectivity index (χ3v) is 4.70. The Morgan fingerprint density at radius 1 is 1.14 bits per heavy atom. The van der Waals surface area contributed by atoms with Crippen molar-refractivity contribution in [2.45, 2.75) is 13.5 Å². The maximum absolute atomic E-state index is 11.9. The van der Waals surface area contributed by atoms with Gasteiger partial charge in [0.15, 0.2) is 9.84 Å². The fraction of sp³-hybridized carbons (Fsp3) is 0.533. The second kappa shape index (κ2) is 9.55. The molecule has 0 aliphatic heterocycles. The number of benzene rings is 1. The summed E-state index contributed by atoms with van der Waals surface area (Å²) >= 11 is 0. The molecule has 0 unspecified atom stereocenters. The van der Waals surface area contributed by atoms with Crippen LogP contribution in [0.25, 0.3) is 0 Å². The molecule has 2 N–H and O–H groups in total. The molecule has 0 bridgehead atoms. The molecule has 7 heteroatoms. The number of hydrogen-bond donors (Lipinski definition) is 2. The average molecular weight is 328 g/mol. The third-order valence-electron chi connectivity index (χ3n) is 3.05. The van der Waals surface area contributed by atoms with Crippen LogP contribution in [0, 0.1) is 0 Å². The fourth-order valence-corrected chi connectivity index (χ4v) is 2.89. The molecule has 22 heavy (non-hydrogen) atoms. The highest BCUT2D eigenvalue weighted by Crippen LogP contribution is 2.05. The summed E-state index contributed by atoms with van der Waals surface area (Å²) in [4.78, 5) is 11.9. The van der Waals surface area contributed by atoms with E-state index in [2.05, 4.69) is 10.6 Å². The summed E-state index contributed by atoms with van der Waals surface area (Å²) in [6, 6.07) is 7.07. The summed E-state index contributed by atoms with van der Waals surface area (Å²) < 4.78 is 28.6. The van der Waals surface area contributed by atoms with Crippen LogP contribution in [0.3, 0.4) is 0 Å². The Morgan fingerprint density at radius 3 is 2.36 bits per heavy atom. The van der Waals surface area contributed by atoms with E-state index in [1.165, 1.54) is 0 Å². The van der Waals surface area contributed by atoms with Crippen molar-refractivity contribution in [2.75, 3.05) is 38.2 Å². The number of rotatable bonds is 10. The van der Waals surface area contributed by atoms with Crippen LogP contribution in [0.15, 0.2) is 24.3 Å². The second-order valence-electron chi connectivity index (χ2n) is 4.85. The monoisotopic (exact) mass is 328 g/mol. The van der Waals surface area contributed by atoms with Gasteiger partial charge in [-0.25, -0.2) is 8.42 Å². The molecule has 0 heterocycles. The lowest BCUT2D eigenvalue weighted by atomic mass is 10.1. The Labute approximate surface area is 132 Å². The van der Waals surface area contributed by atoms with Crippen LogP contribution in [-0.2, 0) is 21.2 Å². The number of carbonyl (C=O) groups is 1. The van der Waals surface area contributed by atoms with E-state index in [1.54, 1.807) is 19.2 Å². The van der Waals surface area contributed by atoms with E-state index in [-0.39, 0.29) is 24.0 Å². The van der Waals surface area contributed by atoms with Gasteiger partial charge in [-0.2, -0.15) is 0 Å². The SMILES string of the molecule is CCOCc1ccc(C(=O)NCCS(=O)(=O)CCNC)cc1. The van der Waals surface area contributed by atoms with Gasteiger partial charge >= 0.3 is 0 Å². The summed E-state index contributed by atoms with van der Waals surface area (Å²) in [6.45, 7) is 3.61. The lowest BCUT2D eigenvalue weighted by Crippen LogP contribution is -2.31. The Balaban J connectivity index is 2.42. The minimum absolute atomic E-state index is 0.0527. The first-order valence-electron chi connectivity index (χ1n) is 7.28. The fourth-order valence-electron chi connectivity index (χ4n) is 1.75. The smallest absolute Gasteiger partial charge is 0.251 e. The first kappa shape index (κ1) is 18.6. The van der Waals surface area contributed by atoms with Crippen molar-refractivity contribution < 1.29 is 17.9 Å². The van der Waals surface area contributed by atoms with Crippen LogP contribution in [-0.4, -0.2) is 52.6 Å². The number of ether oxygens (including phenoxy) is 1. The lowest BCUT2D eigenvalue weighted by molar-refractivity contribution is 0.0956. The Kier molecular flexibility index (Phi) is 8.08. The Hall–Kier alpha value is -1.44. The zero-order valence-electron chi connectivity index (χ0n) is 13.1. The highest BCUT2D eigenvalue weighted by Gasteiger charge is 2.11. The van der Waals surface area contributed by atoms with E-state index >= 15 is 0 Å². The van der Waals surface area contributed by atoms with Gasteiger partial charge in [-0.15, -0.1) is 0 Å². The summed E-state index contributed by atoms with van der Waals surface area (Å²) in [5, 5.41) is 5.42. The molecule has 0 spiro atoms. The number of sulfone groups is 1. The summed E-state index contributed by atoms with van der Waals surface area (Å²) in [5.41, 5.74) is 1.50. The Bertz CT molecular complexity index is 555. The average Bonchev–Trinajstić information content (AvgIpc) is 2.51. The first-order valence-corrected chi connectivity index (χ1v) is 9.10. The zero-order valence-corrected chi connectivity index (χ0v) is 13.9. The van der Waals surface area contributed by atoms with Crippen LogP contribution in [0.2, 0.25) is 0 Å². The molecule has 0 aliphatic carbocycles. The van der Waals surface area contributed by atoms with E-state index in [4.69, 9.17) is 4.74 Å². The zero-order chi connectivity index (χ0) is 16.4. The van der Waals surface area contributed by atoms with E-state index in [1.807, 2.05) is 19.1 Å². The van der Waals surface area contributed by atoms with Gasteiger partial charge in [-0.3, -0.25) is 4.79 Å². The molecule has 0 radical (unpaired) electrons. The van der Waals surface area contributed by atoms with Crippen molar-refractivity contribution in [2.24, 2.45) is 0 Å². The van der Waals surface area contributed by atoms with E-state index in [0.29, 0.717) is 25.3 Å². The lowest BCUT2D eigenvalue weighted by Gasteiger charge is -2.07. The summed E-state index contributed by atoms with van der Waals surface area (Å²) in [5.74, 6) is -0.249. The Morgan fingerprint density at radius 2 is 1.77 bits per heavy atom. The standard InChI is InChI=1S/C15H24N2O4S/c1-3-21-12-13-4-6-14(7-5-13)15(18)17-9-11-22(19,20)10-8-16-2/h4-7,16H,3,8-12H2,1-2H3,(H,17,18). The molecule has 6 nitrogen and oxygen atoms in total. The predicted molar refractivity (Wildman–Crippen MR) is 86.7 cm³/mol. The van der Waals surface area contributed by atoms with Crippen molar-refractivity contribution in [3.63, 3.8) is 0 Å². The molecular formula is C15H24N2O4S. The summed E-state index contributed by atoms with van der Waals surface area (Å²) in [7, 11) is -1.43. The second-order valence-corrected chi connectivity index (χ2v) is 7.15. The van der Waals surface area contributed by atoms with Gasteiger partial charge in [0.1, 0.15) is 0 Å². The van der Waals surface area contributed by atoms with Crippen molar-refractivity contribution in [3.8, 4) is 0 Å². The molecule has 0 fully saturated rings. The van der Waals surface area contributed by atoms with Crippen molar-refractivity contribution in [1.82, 2.24) is 10.6 Å².